The summed E-state index contributed by atoms with van der Waals surface area (Å²) in [7, 11) is 0. The van der Waals surface area contributed by atoms with E-state index in [4.69, 9.17) is 9.47 Å². The van der Waals surface area contributed by atoms with Gasteiger partial charge >= 0.3 is 0 Å². The van der Waals surface area contributed by atoms with Gasteiger partial charge in [0.1, 0.15) is 0 Å². The highest BCUT2D eigenvalue weighted by molar-refractivity contribution is 5.76. The minimum Gasteiger partial charge on any atom is -0.454 e. The van der Waals surface area contributed by atoms with Crippen LogP contribution in [0.25, 0.3) is 0 Å². The first-order valence-electron chi connectivity index (χ1n) is 8.96. The molecule has 1 N–H and O–H groups in total. The van der Waals surface area contributed by atoms with Crippen molar-refractivity contribution in [2.75, 3.05) is 13.3 Å². The molecular formula is C21H23NO3. The Morgan fingerprint density at radius 1 is 1.04 bits per heavy atom. The fourth-order valence-electron chi connectivity index (χ4n) is 3.67. The first-order chi connectivity index (χ1) is 12.3. The van der Waals surface area contributed by atoms with E-state index in [-0.39, 0.29) is 18.1 Å². The lowest BCUT2D eigenvalue weighted by atomic mass is 9.64. The van der Waals surface area contributed by atoms with Gasteiger partial charge < -0.3 is 14.8 Å². The number of hydrogen-bond acceptors (Lipinski definition) is 3. The van der Waals surface area contributed by atoms with Crippen LogP contribution in [0.3, 0.4) is 0 Å². The zero-order chi connectivity index (χ0) is 17.1. The molecular weight excluding hydrogens is 314 g/mol. The lowest BCUT2D eigenvalue weighted by molar-refractivity contribution is -0.121. The Morgan fingerprint density at radius 2 is 1.84 bits per heavy atom. The van der Waals surface area contributed by atoms with Crippen LogP contribution in [-0.2, 0) is 16.6 Å². The SMILES string of the molecule is O=C(CCc1ccc2c(c1)OCO2)NCC1(c2ccccc2)CCC1. The van der Waals surface area contributed by atoms with E-state index < -0.39 is 0 Å². The number of ether oxygens (including phenoxy) is 2. The molecule has 4 heteroatoms. The van der Waals surface area contributed by atoms with Crippen molar-refractivity contribution in [3.8, 4) is 11.5 Å². The lowest BCUT2D eigenvalue weighted by Gasteiger charge is -2.42. The molecule has 1 saturated carbocycles. The summed E-state index contributed by atoms with van der Waals surface area (Å²) in [5.74, 6) is 1.67. The number of benzene rings is 2. The standard InChI is InChI=1S/C21H23NO3/c23-20(10-8-16-7-9-18-19(13-16)25-15-24-18)22-14-21(11-4-12-21)17-5-2-1-3-6-17/h1-3,5-7,9,13H,4,8,10-12,14-15H2,(H,22,23). The van der Waals surface area contributed by atoms with Crippen LogP contribution in [0, 0.1) is 0 Å². The summed E-state index contributed by atoms with van der Waals surface area (Å²) in [5, 5.41) is 3.15. The number of fused-ring (bicyclic) bond motifs is 1. The quantitative estimate of drug-likeness (QED) is 0.876. The summed E-state index contributed by atoms with van der Waals surface area (Å²) in [6.07, 6.45) is 4.74. The molecule has 1 amide bonds. The van der Waals surface area contributed by atoms with E-state index in [2.05, 4.69) is 29.6 Å². The van der Waals surface area contributed by atoms with Crippen LogP contribution >= 0.6 is 0 Å². The van der Waals surface area contributed by atoms with E-state index in [1.807, 2.05) is 24.3 Å². The molecule has 4 rings (SSSR count). The monoisotopic (exact) mass is 337 g/mol. The van der Waals surface area contributed by atoms with Gasteiger partial charge in [0.15, 0.2) is 11.5 Å². The number of carbonyl (C=O) groups excluding carboxylic acids is 1. The Hall–Kier alpha value is -2.49. The predicted octanol–water partition coefficient (Wildman–Crippen LogP) is 3.59. The number of hydrogen-bond donors (Lipinski definition) is 1. The van der Waals surface area contributed by atoms with Gasteiger partial charge in [-0.25, -0.2) is 0 Å². The second-order valence-corrected chi connectivity index (χ2v) is 6.96. The molecule has 1 aliphatic heterocycles. The fraction of sp³-hybridized carbons (Fsp3) is 0.381. The fourth-order valence-corrected chi connectivity index (χ4v) is 3.67. The average molecular weight is 337 g/mol. The molecule has 2 aromatic carbocycles. The van der Waals surface area contributed by atoms with E-state index in [9.17, 15) is 4.79 Å². The molecule has 2 aromatic rings. The summed E-state index contributed by atoms with van der Waals surface area (Å²) in [5.41, 5.74) is 2.58. The van der Waals surface area contributed by atoms with E-state index in [0.29, 0.717) is 12.8 Å². The third kappa shape index (κ3) is 3.34. The van der Waals surface area contributed by atoms with E-state index in [0.717, 1.165) is 36.4 Å². The molecule has 1 heterocycles. The molecule has 25 heavy (non-hydrogen) atoms. The van der Waals surface area contributed by atoms with Crippen LogP contribution in [0.4, 0.5) is 0 Å². The number of aryl methyl sites for hydroxylation is 1. The number of rotatable bonds is 6. The Morgan fingerprint density at radius 3 is 2.60 bits per heavy atom. The maximum Gasteiger partial charge on any atom is 0.231 e. The molecule has 1 fully saturated rings. The van der Waals surface area contributed by atoms with Crippen LogP contribution in [0.5, 0.6) is 11.5 Å². The van der Waals surface area contributed by atoms with Crippen molar-refractivity contribution in [2.45, 2.75) is 37.5 Å². The Bertz CT molecular complexity index is 753. The smallest absolute Gasteiger partial charge is 0.231 e. The van der Waals surface area contributed by atoms with Crippen molar-refractivity contribution < 1.29 is 14.3 Å². The highest BCUT2D eigenvalue weighted by Crippen LogP contribution is 2.43. The molecule has 0 atom stereocenters. The van der Waals surface area contributed by atoms with Gasteiger partial charge in [-0.15, -0.1) is 0 Å². The van der Waals surface area contributed by atoms with Crippen molar-refractivity contribution in [1.82, 2.24) is 5.32 Å². The largest absolute Gasteiger partial charge is 0.454 e. The summed E-state index contributed by atoms with van der Waals surface area (Å²) >= 11 is 0. The third-order valence-electron chi connectivity index (χ3n) is 5.40. The van der Waals surface area contributed by atoms with Crippen LogP contribution in [-0.4, -0.2) is 19.2 Å². The number of nitrogens with one attached hydrogen (secondary N) is 1. The Kier molecular flexibility index (Phi) is 4.35. The minimum atomic E-state index is 0.111. The Balaban J connectivity index is 1.30. The summed E-state index contributed by atoms with van der Waals surface area (Å²) in [4.78, 5) is 12.3. The van der Waals surface area contributed by atoms with Gasteiger partial charge in [-0.05, 0) is 42.5 Å². The number of amides is 1. The molecule has 0 unspecified atom stereocenters. The lowest BCUT2D eigenvalue weighted by Crippen LogP contribution is -2.45. The predicted molar refractivity (Wildman–Crippen MR) is 95.9 cm³/mol. The summed E-state index contributed by atoms with van der Waals surface area (Å²) in [6.45, 7) is 1.01. The molecule has 0 aromatic heterocycles. The van der Waals surface area contributed by atoms with Crippen LogP contribution in [0.1, 0.15) is 36.8 Å². The molecule has 0 saturated heterocycles. The van der Waals surface area contributed by atoms with E-state index in [1.165, 1.54) is 12.0 Å². The van der Waals surface area contributed by atoms with Gasteiger partial charge in [0.2, 0.25) is 12.7 Å². The van der Waals surface area contributed by atoms with Gasteiger partial charge in [0, 0.05) is 18.4 Å². The highest BCUT2D eigenvalue weighted by Gasteiger charge is 2.38. The van der Waals surface area contributed by atoms with Gasteiger partial charge in [-0.1, -0.05) is 42.8 Å². The number of carbonyl (C=O) groups is 1. The second-order valence-electron chi connectivity index (χ2n) is 6.96. The highest BCUT2D eigenvalue weighted by atomic mass is 16.7. The van der Waals surface area contributed by atoms with Crippen LogP contribution < -0.4 is 14.8 Å². The first kappa shape index (κ1) is 16.0. The second kappa shape index (κ2) is 6.79. The Labute approximate surface area is 148 Å². The molecule has 0 radical (unpaired) electrons. The molecule has 130 valence electrons. The van der Waals surface area contributed by atoms with Crippen LogP contribution in [0.2, 0.25) is 0 Å². The van der Waals surface area contributed by atoms with Gasteiger partial charge in [-0.3, -0.25) is 4.79 Å². The van der Waals surface area contributed by atoms with E-state index in [1.54, 1.807) is 0 Å². The normalized spacial score (nSPS) is 17.0. The maximum absolute atomic E-state index is 12.3. The van der Waals surface area contributed by atoms with Crippen molar-refractivity contribution in [3.63, 3.8) is 0 Å². The van der Waals surface area contributed by atoms with Crippen LogP contribution in [0.15, 0.2) is 48.5 Å². The average Bonchev–Trinajstić information content (AvgIpc) is 3.08. The first-order valence-corrected chi connectivity index (χ1v) is 8.96. The van der Waals surface area contributed by atoms with Crippen molar-refractivity contribution in [2.24, 2.45) is 0 Å². The summed E-state index contributed by atoms with van der Waals surface area (Å²) < 4.78 is 10.7. The molecule has 1 aliphatic carbocycles. The van der Waals surface area contributed by atoms with E-state index >= 15 is 0 Å². The maximum atomic E-state index is 12.3. The topological polar surface area (TPSA) is 47.6 Å². The van der Waals surface area contributed by atoms with Gasteiger partial charge in [0.05, 0.1) is 0 Å². The molecule has 0 bridgehead atoms. The van der Waals surface area contributed by atoms with Crippen molar-refractivity contribution in [3.05, 3.63) is 59.7 Å². The van der Waals surface area contributed by atoms with Crippen molar-refractivity contribution >= 4 is 5.91 Å². The molecule has 2 aliphatic rings. The van der Waals surface area contributed by atoms with Gasteiger partial charge in [-0.2, -0.15) is 0 Å². The third-order valence-corrected chi connectivity index (χ3v) is 5.40. The molecule has 0 spiro atoms. The summed E-state index contributed by atoms with van der Waals surface area (Å²) in [6, 6.07) is 16.4. The van der Waals surface area contributed by atoms with Gasteiger partial charge in [0.25, 0.3) is 0 Å². The zero-order valence-electron chi connectivity index (χ0n) is 14.3. The zero-order valence-corrected chi connectivity index (χ0v) is 14.3. The minimum absolute atomic E-state index is 0.111. The molecule has 4 nitrogen and oxygen atoms in total. The van der Waals surface area contributed by atoms with Crippen molar-refractivity contribution in [1.29, 1.82) is 0 Å².